The van der Waals surface area contributed by atoms with Crippen molar-refractivity contribution in [2.45, 2.75) is 13.3 Å². The topological polar surface area (TPSA) is 43.1 Å². The predicted molar refractivity (Wildman–Crippen MR) is 34.9 cm³/mol. The van der Waals surface area contributed by atoms with Crippen molar-refractivity contribution in [1.29, 1.82) is 0 Å². The Hall–Kier alpha value is 0.330. The van der Waals surface area contributed by atoms with Gasteiger partial charge in [-0.3, -0.25) is 5.14 Å². The van der Waals surface area contributed by atoms with Gasteiger partial charge in [0.25, 0.3) is 0 Å². The molecule has 0 fully saturated rings. The molecule has 0 aromatic rings. The van der Waals surface area contributed by atoms with Gasteiger partial charge in [-0.25, -0.2) is 4.21 Å². The van der Waals surface area contributed by atoms with Crippen LogP contribution in [0.1, 0.15) is 13.3 Å². The largest absolute Gasteiger partial charge is 0.251 e. The zero-order valence-corrected chi connectivity index (χ0v) is 5.85. The fraction of sp³-hybridized carbons (Fsp3) is 1.00. The van der Waals surface area contributed by atoms with Gasteiger partial charge in [0.05, 0.1) is 8.68 Å². The summed E-state index contributed by atoms with van der Waals surface area (Å²) in [6.07, 6.45) is 0.804. The highest BCUT2D eigenvalue weighted by atomic mass is 32.8. The monoisotopic (exact) mass is 139 g/mol. The van der Waals surface area contributed by atoms with E-state index in [0.717, 1.165) is 6.42 Å². The van der Waals surface area contributed by atoms with Gasteiger partial charge in [-0.2, -0.15) is 0 Å². The zero-order chi connectivity index (χ0) is 5.91. The van der Waals surface area contributed by atoms with Crippen LogP contribution in [0, 0.1) is 0 Å². The normalized spacial score (nSPS) is 18.6. The lowest BCUT2D eigenvalue weighted by molar-refractivity contribution is 0.682. The molecule has 7 heavy (non-hydrogen) atoms. The van der Waals surface area contributed by atoms with Gasteiger partial charge < -0.3 is 0 Å². The molecule has 0 aromatic carbocycles. The van der Waals surface area contributed by atoms with Crippen molar-refractivity contribution >= 4 is 19.9 Å². The molecule has 44 valence electrons. The molecule has 0 radical (unpaired) electrons. The SMILES string of the molecule is CCCS(N)(=O)=S. The standard InChI is InChI=1S/C3H9NOS2/c1-2-3-7(4,5)6/h2-3H2,1H3,(H2,4,5,6). The Morgan fingerprint density at radius 2 is 2.29 bits per heavy atom. The summed E-state index contributed by atoms with van der Waals surface area (Å²) in [6, 6.07) is 0. The van der Waals surface area contributed by atoms with Crippen molar-refractivity contribution in [3.63, 3.8) is 0 Å². The van der Waals surface area contributed by atoms with E-state index in [1.165, 1.54) is 0 Å². The number of nitrogens with two attached hydrogens (primary N) is 1. The lowest BCUT2D eigenvalue weighted by Crippen LogP contribution is -2.13. The van der Waals surface area contributed by atoms with Gasteiger partial charge in [0.15, 0.2) is 0 Å². The highest BCUT2D eigenvalue weighted by molar-refractivity contribution is 8.31. The Balaban J connectivity index is 3.60. The van der Waals surface area contributed by atoms with Crippen LogP contribution in [0.5, 0.6) is 0 Å². The van der Waals surface area contributed by atoms with Gasteiger partial charge >= 0.3 is 0 Å². The van der Waals surface area contributed by atoms with E-state index in [9.17, 15) is 4.21 Å². The highest BCUT2D eigenvalue weighted by Gasteiger charge is 1.91. The molecule has 0 heterocycles. The molecule has 0 aliphatic rings. The first-order chi connectivity index (χ1) is 3.06. The van der Waals surface area contributed by atoms with E-state index in [0.29, 0.717) is 5.75 Å². The summed E-state index contributed by atoms with van der Waals surface area (Å²) in [6.45, 7) is 1.90. The van der Waals surface area contributed by atoms with Crippen LogP contribution in [0.2, 0.25) is 0 Å². The third-order valence-electron chi connectivity index (χ3n) is 0.489. The van der Waals surface area contributed by atoms with Crippen molar-refractivity contribution in [3.05, 3.63) is 0 Å². The molecule has 0 rings (SSSR count). The molecule has 0 spiro atoms. The van der Waals surface area contributed by atoms with E-state index in [4.69, 9.17) is 5.14 Å². The quantitative estimate of drug-likeness (QED) is 0.586. The minimum absolute atomic E-state index is 0.461. The summed E-state index contributed by atoms with van der Waals surface area (Å²) in [5.74, 6) is 0.461. The Kier molecular flexibility index (Phi) is 2.71. The van der Waals surface area contributed by atoms with Crippen LogP contribution >= 0.6 is 0 Å². The average Bonchev–Trinajstić information content (AvgIpc) is 1.30. The van der Waals surface area contributed by atoms with Crippen molar-refractivity contribution in [2.24, 2.45) is 5.14 Å². The smallest absolute Gasteiger partial charge is 0.0871 e. The number of hydrogen-bond donors (Lipinski definition) is 1. The second-order valence-electron chi connectivity index (χ2n) is 1.37. The molecule has 0 saturated carbocycles. The molecule has 2 N–H and O–H groups in total. The van der Waals surface area contributed by atoms with Gasteiger partial charge in [-0.05, 0) is 17.6 Å². The molecule has 4 heteroatoms. The molecular formula is C3H9NOS2. The van der Waals surface area contributed by atoms with Crippen molar-refractivity contribution in [2.75, 3.05) is 5.75 Å². The lowest BCUT2D eigenvalue weighted by atomic mass is 10.6. The van der Waals surface area contributed by atoms with Gasteiger partial charge in [0.1, 0.15) is 0 Å². The van der Waals surface area contributed by atoms with E-state index in [1.54, 1.807) is 0 Å². The minimum Gasteiger partial charge on any atom is -0.251 e. The van der Waals surface area contributed by atoms with Crippen LogP contribution < -0.4 is 5.14 Å². The molecule has 0 aromatic heterocycles. The van der Waals surface area contributed by atoms with E-state index in [2.05, 4.69) is 11.2 Å². The summed E-state index contributed by atoms with van der Waals surface area (Å²) in [4.78, 5) is 0. The summed E-state index contributed by atoms with van der Waals surface area (Å²) in [5.41, 5.74) is 0. The van der Waals surface area contributed by atoms with Crippen molar-refractivity contribution < 1.29 is 4.21 Å². The van der Waals surface area contributed by atoms with E-state index in [1.807, 2.05) is 6.92 Å². The molecule has 2 nitrogen and oxygen atoms in total. The number of hydrogen-bond acceptors (Lipinski definition) is 2. The summed E-state index contributed by atoms with van der Waals surface area (Å²) in [5, 5.41) is 4.99. The molecule has 0 amide bonds. The Morgan fingerprint density at radius 1 is 1.86 bits per heavy atom. The molecule has 0 aliphatic heterocycles. The highest BCUT2D eigenvalue weighted by Crippen LogP contribution is 1.81. The summed E-state index contributed by atoms with van der Waals surface area (Å²) >= 11 is 4.39. The minimum atomic E-state index is -2.34. The first kappa shape index (κ1) is 7.33. The molecule has 1 unspecified atom stereocenters. The maximum absolute atomic E-state index is 10.4. The summed E-state index contributed by atoms with van der Waals surface area (Å²) in [7, 11) is -2.34. The molecule has 1 atom stereocenters. The van der Waals surface area contributed by atoms with Crippen LogP contribution in [0.4, 0.5) is 0 Å². The third kappa shape index (κ3) is 6.33. The third-order valence-corrected chi connectivity index (χ3v) is 1.97. The predicted octanol–water partition coefficient (Wildman–Crippen LogP) is 0.0164. The van der Waals surface area contributed by atoms with Crippen LogP contribution in [-0.4, -0.2) is 9.96 Å². The zero-order valence-electron chi connectivity index (χ0n) is 4.22. The maximum Gasteiger partial charge on any atom is 0.0871 e. The van der Waals surface area contributed by atoms with Gasteiger partial charge in [-0.1, -0.05) is 6.92 Å². The van der Waals surface area contributed by atoms with Crippen LogP contribution in [0.3, 0.4) is 0 Å². The Morgan fingerprint density at radius 3 is 2.29 bits per heavy atom. The fourth-order valence-corrected chi connectivity index (χ4v) is 1.35. The first-order valence-electron chi connectivity index (χ1n) is 2.06. The number of rotatable bonds is 2. The molecule has 0 saturated heterocycles. The van der Waals surface area contributed by atoms with Crippen LogP contribution in [-0.2, 0) is 19.9 Å². The van der Waals surface area contributed by atoms with E-state index < -0.39 is 8.68 Å². The lowest BCUT2D eigenvalue weighted by Gasteiger charge is -1.91. The Bertz CT molecular complexity index is 126. The second-order valence-corrected chi connectivity index (χ2v) is 4.79. The Labute approximate surface area is 48.9 Å². The van der Waals surface area contributed by atoms with Gasteiger partial charge in [0, 0.05) is 5.75 Å². The second kappa shape index (κ2) is 2.59. The van der Waals surface area contributed by atoms with Crippen LogP contribution in [0.25, 0.3) is 0 Å². The van der Waals surface area contributed by atoms with Gasteiger partial charge in [-0.15, -0.1) is 0 Å². The first-order valence-corrected chi connectivity index (χ1v) is 4.78. The fourth-order valence-electron chi connectivity index (χ4n) is 0.285. The maximum atomic E-state index is 10.4. The van der Waals surface area contributed by atoms with E-state index >= 15 is 0 Å². The average molecular weight is 139 g/mol. The van der Waals surface area contributed by atoms with Gasteiger partial charge in [0.2, 0.25) is 0 Å². The summed E-state index contributed by atoms with van der Waals surface area (Å²) < 4.78 is 10.4. The van der Waals surface area contributed by atoms with Crippen LogP contribution in [0.15, 0.2) is 0 Å². The molecular weight excluding hydrogens is 130 g/mol. The van der Waals surface area contributed by atoms with E-state index in [-0.39, 0.29) is 0 Å². The van der Waals surface area contributed by atoms with Crippen molar-refractivity contribution in [3.8, 4) is 0 Å². The molecule has 0 bridgehead atoms. The molecule has 0 aliphatic carbocycles. The van der Waals surface area contributed by atoms with Crippen molar-refractivity contribution in [1.82, 2.24) is 0 Å².